The molecular formula is C33H39NO3. The molecule has 0 aromatic heterocycles. The van der Waals surface area contributed by atoms with Gasteiger partial charge in [-0.25, -0.2) is 0 Å². The first-order valence-corrected chi connectivity index (χ1v) is 14.5. The van der Waals surface area contributed by atoms with Gasteiger partial charge in [-0.2, -0.15) is 0 Å². The zero-order valence-corrected chi connectivity index (χ0v) is 22.1. The van der Waals surface area contributed by atoms with Crippen molar-refractivity contribution in [1.82, 2.24) is 4.90 Å². The van der Waals surface area contributed by atoms with Gasteiger partial charge in [-0.15, -0.1) is 0 Å². The zero-order chi connectivity index (χ0) is 24.8. The minimum absolute atomic E-state index is 0.0455. The van der Waals surface area contributed by atoms with Crippen LogP contribution in [0, 0.1) is 17.3 Å². The Bertz CT molecular complexity index is 1240. The fourth-order valence-electron chi connectivity index (χ4n) is 9.83. The highest BCUT2D eigenvalue weighted by atomic mass is 16.6. The maximum absolute atomic E-state index is 7.18. The number of methoxy groups -OCH3 is 1. The summed E-state index contributed by atoms with van der Waals surface area (Å²) >= 11 is 0. The second kappa shape index (κ2) is 7.94. The Morgan fingerprint density at radius 2 is 1.97 bits per heavy atom. The third kappa shape index (κ3) is 2.85. The lowest BCUT2D eigenvalue weighted by Crippen LogP contribution is -2.81. The number of nitrogens with zero attached hydrogens (tertiary/aromatic N) is 1. The van der Waals surface area contributed by atoms with Crippen molar-refractivity contribution in [3.05, 3.63) is 71.3 Å². The SMILES string of the molecule is C=Cc1ccc2c3c1O[C@@H]1C34CCN(CC3CC3)C(C2)[C@]42CC[C@@]1(OC)[C@@H](COCc1ccccc1)C2. The predicted molar refractivity (Wildman–Crippen MR) is 145 cm³/mol. The topological polar surface area (TPSA) is 30.9 Å². The highest BCUT2D eigenvalue weighted by molar-refractivity contribution is 5.68. The lowest BCUT2D eigenvalue weighted by Gasteiger charge is -2.74. The molecule has 5 fully saturated rings. The Morgan fingerprint density at radius 3 is 2.76 bits per heavy atom. The van der Waals surface area contributed by atoms with E-state index < -0.39 is 0 Å². The molecule has 4 heteroatoms. The van der Waals surface area contributed by atoms with Crippen molar-refractivity contribution in [2.45, 2.75) is 74.7 Å². The molecule has 7 aliphatic rings. The molecule has 37 heavy (non-hydrogen) atoms. The molecule has 4 nitrogen and oxygen atoms in total. The van der Waals surface area contributed by atoms with Crippen molar-refractivity contribution in [1.29, 1.82) is 0 Å². The van der Waals surface area contributed by atoms with Crippen LogP contribution in [-0.2, 0) is 27.9 Å². The zero-order valence-electron chi connectivity index (χ0n) is 22.1. The van der Waals surface area contributed by atoms with Gasteiger partial charge in [-0.05, 0) is 68.5 Å². The summed E-state index contributed by atoms with van der Waals surface area (Å²) in [5.41, 5.74) is 5.40. The lowest BCUT2D eigenvalue weighted by atomic mass is 9.35. The summed E-state index contributed by atoms with van der Waals surface area (Å²) < 4.78 is 20.3. The number of likely N-dealkylation sites (tertiary alicyclic amines) is 1. The standard InChI is InChI=1S/C33H39NO3/c1-3-24-11-12-25-17-27-31-13-14-33(35-2,26(18-31)21-36-20-23-7-5-4-6-8-23)30-32(31,28(25)29(24)37-30)15-16-34(27)19-22-9-10-22/h3-8,11-12,22,26-27,30H,1,9-10,13-21H2,2H3/t26-,27?,30-,31-,32?,33-/m1/s1. The van der Waals surface area contributed by atoms with Crippen LogP contribution in [0.15, 0.2) is 49.0 Å². The normalized spacial score (nSPS) is 38.8. The van der Waals surface area contributed by atoms with E-state index in [1.807, 2.05) is 13.2 Å². The van der Waals surface area contributed by atoms with Crippen LogP contribution in [0.1, 0.15) is 60.8 Å². The van der Waals surface area contributed by atoms with E-state index in [-0.39, 0.29) is 22.5 Å². The smallest absolute Gasteiger partial charge is 0.138 e. The van der Waals surface area contributed by atoms with Gasteiger partial charge in [0.15, 0.2) is 0 Å². The number of rotatable bonds is 8. The van der Waals surface area contributed by atoms with Gasteiger partial charge in [0.05, 0.1) is 13.2 Å². The first-order valence-electron chi connectivity index (χ1n) is 14.5. The minimum atomic E-state index is -0.312. The Hall–Kier alpha value is -2.14. The third-order valence-corrected chi connectivity index (χ3v) is 11.5. The van der Waals surface area contributed by atoms with Gasteiger partial charge in [-0.1, -0.05) is 55.1 Å². The second-order valence-electron chi connectivity index (χ2n) is 12.8. The molecule has 2 aliphatic heterocycles. The van der Waals surface area contributed by atoms with E-state index in [9.17, 15) is 0 Å². The highest BCUT2D eigenvalue weighted by Crippen LogP contribution is 2.76. The average Bonchev–Trinajstić information content (AvgIpc) is 3.68. The van der Waals surface area contributed by atoms with E-state index in [4.69, 9.17) is 14.2 Å². The molecule has 0 amide bonds. The fourth-order valence-corrected chi connectivity index (χ4v) is 9.83. The molecule has 5 aliphatic carbocycles. The van der Waals surface area contributed by atoms with Crippen molar-refractivity contribution < 1.29 is 14.2 Å². The Balaban J connectivity index is 1.23. The number of piperidine rings is 1. The molecule has 194 valence electrons. The maximum Gasteiger partial charge on any atom is 0.138 e. The number of fused-ring (bicyclic) bond motifs is 2. The van der Waals surface area contributed by atoms with E-state index in [0.29, 0.717) is 18.6 Å². The molecule has 4 saturated carbocycles. The van der Waals surface area contributed by atoms with Gasteiger partial charge in [0, 0.05) is 47.6 Å². The molecule has 0 N–H and O–H groups in total. The predicted octanol–water partition coefficient (Wildman–Crippen LogP) is 5.77. The molecular weight excluding hydrogens is 458 g/mol. The van der Waals surface area contributed by atoms with Crippen molar-refractivity contribution >= 4 is 6.08 Å². The third-order valence-electron chi connectivity index (χ3n) is 11.5. The molecule has 2 heterocycles. The molecule has 0 radical (unpaired) electrons. The van der Waals surface area contributed by atoms with Crippen molar-refractivity contribution in [3.8, 4) is 5.75 Å². The largest absolute Gasteiger partial charge is 0.485 e. The number of benzene rings is 2. The summed E-state index contributed by atoms with van der Waals surface area (Å²) in [6.07, 6.45) is 10.7. The summed E-state index contributed by atoms with van der Waals surface area (Å²) in [5.74, 6) is 2.36. The summed E-state index contributed by atoms with van der Waals surface area (Å²) in [7, 11) is 1.93. The number of hydrogen-bond donors (Lipinski definition) is 0. The van der Waals surface area contributed by atoms with Gasteiger partial charge < -0.3 is 14.2 Å². The fraction of sp³-hybridized carbons (Fsp3) is 0.576. The highest BCUT2D eigenvalue weighted by Gasteiger charge is 2.80. The molecule has 2 aromatic rings. The van der Waals surface area contributed by atoms with Crippen LogP contribution in [0.3, 0.4) is 0 Å². The second-order valence-corrected chi connectivity index (χ2v) is 12.8. The van der Waals surface area contributed by atoms with E-state index in [1.165, 1.54) is 61.9 Å². The van der Waals surface area contributed by atoms with Crippen LogP contribution in [0.2, 0.25) is 0 Å². The van der Waals surface area contributed by atoms with Crippen LogP contribution in [0.4, 0.5) is 0 Å². The lowest BCUT2D eigenvalue weighted by molar-refractivity contribution is -0.283. The first-order chi connectivity index (χ1) is 18.1. The summed E-state index contributed by atoms with van der Waals surface area (Å²) in [6, 6.07) is 15.8. The van der Waals surface area contributed by atoms with Crippen molar-refractivity contribution in [2.75, 3.05) is 26.8 Å². The molecule has 4 bridgehead atoms. The number of hydrogen-bond acceptors (Lipinski definition) is 4. The van der Waals surface area contributed by atoms with E-state index in [0.717, 1.165) is 36.7 Å². The molecule has 2 unspecified atom stereocenters. The summed E-state index contributed by atoms with van der Waals surface area (Å²) in [5, 5.41) is 0. The quantitative estimate of drug-likeness (QED) is 0.463. The summed E-state index contributed by atoms with van der Waals surface area (Å²) in [6.45, 7) is 8.01. The van der Waals surface area contributed by atoms with Crippen molar-refractivity contribution in [3.63, 3.8) is 0 Å². The van der Waals surface area contributed by atoms with E-state index in [2.05, 4.69) is 53.9 Å². The Kier molecular flexibility index (Phi) is 4.89. The van der Waals surface area contributed by atoms with Crippen molar-refractivity contribution in [2.24, 2.45) is 17.3 Å². The van der Waals surface area contributed by atoms with Gasteiger partial charge in [-0.3, -0.25) is 4.90 Å². The minimum Gasteiger partial charge on any atom is -0.485 e. The van der Waals surface area contributed by atoms with Crippen LogP contribution in [0.25, 0.3) is 6.08 Å². The average molecular weight is 498 g/mol. The van der Waals surface area contributed by atoms with Crippen LogP contribution >= 0.6 is 0 Å². The first kappa shape index (κ1) is 22.8. The Labute approximate surface area is 221 Å². The monoisotopic (exact) mass is 497 g/mol. The van der Waals surface area contributed by atoms with E-state index >= 15 is 0 Å². The maximum atomic E-state index is 7.18. The van der Waals surface area contributed by atoms with Gasteiger partial charge in [0.25, 0.3) is 0 Å². The van der Waals surface area contributed by atoms with Crippen LogP contribution in [-0.4, -0.2) is 49.5 Å². The van der Waals surface area contributed by atoms with Crippen LogP contribution < -0.4 is 4.74 Å². The molecule has 1 saturated heterocycles. The molecule has 2 spiro atoms. The van der Waals surface area contributed by atoms with Gasteiger partial charge in [0.2, 0.25) is 0 Å². The summed E-state index contributed by atoms with van der Waals surface area (Å²) in [4.78, 5) is 2.91. The molecule has 9 rings (SSSR count). The van der Waals surface area contributed by atoms with Gasteiger partial charge in [0.1, 0.15) is 17.5 Å². The van der Waals surface area contributed by atoms with E-state index in [1.54, 1.807) is 0 Å². The molecule has 6 atom stereocenters. The number of ether oxygens (including phenoxy) is 3. The molecule has 2 aromatic carbocycles. The Morgan fingerprint density at radius 1 is 1.11 bits per heavy atom. The van der Waals surface area contributed by atoms with Gasteiger partial charge >= 0.3 is 0 Å². The van der Waals surface area contributed by atoms with Crippen LogP contribution in [0.5, 0.6) is 5.75 Å².